The molecule has 2 heterocycles. The van der Waals surface area contributed by atoms with E-state index < -0.39 is 0 Å². The van der Waals surface area contributed by atoms with Gasteiger partial charge in [-0.2, -0.15) is 0 Å². The van der Waals surface area contributed by atoms with Gasteiger partial charge in [-0.25, -0.2) is 4.98 Å². The van der Waals surface area contributed by atoms with Crippen LogP contribution in [0.5, 0.6) is 0 Å². The molecule has 4 heteroatoms. The topological polar surface area (TPSA) is 42.1 Å². The fraction of sp³-hybridized carbons (Fsp3) is 0.750. The lowest BCUT2D eigenvalue weighted by Gasteiger charge is -2.37. The first kappa shape index (κ1) is 11.9. The Hall–Kier alpha value is -0.610. The lowest BCUT2D eigenvalue weighted by molar-refractivity contribution is 0.119. The van der Waals surface area contributed by atoms with Crippen LogP contribution < -0.4 is 5.73 Å². The average Bonchev–Trinajstić information content (AvgIpc) is 2.60. The molecule has 1 aliphatic heterocycles. The maximum absolute atomic E-state index is 5.62. The zero-order valence-corrected chi connectivity index (χ0v) is 11.0. The molecule has 2 rings (SSSR count). The van der Waals surface area contributed by atoms with Crippen LogP contribution >= 0.6 is 11.3 Å². The van der Waals surface area contributed by atoms with E-state index in [-0.39, 0.29) is 0 Å². The third kappa shape index (κ3) is 3.19. The summed E-state index contributed by atoms with van der Waals surface area (Å²) in [6.07, 6.45) is 3.71. The highest BCUT2D eigenvalue weighted by molar-refractivity contribution is 7.13. The van der Waals surface area contributed by atoms with Crippen molar-refractivity contribution in [2.45, 2.75) is 33.1 Å². The van der Waals surface area contributed by atoms with Crippen molar-refractivity contribution in [2.75, 3.05) is 25.4 Å². The van der Waals surface area contributed by atoms with Gasteiger partial charge in [-0.15, -0.1) is 11.3 Å². The maximum Gasteiger partial charge on any atom is 0.180 e. The van der Waals surface area contributed by atoms with E-state index in [4.69, 9.17) is 5.73 Å². The third-order valence-corrected chi connectivity index (χ3v) is 3.96. The zero-order chi connectivity index (χ0) is 11.6. The van der Waals surface area contributed by atoms with Crippen molar-refractivity contribution in [2.24, 2.45) is 5.41 Å². The Labute approximate surface area is 102 Å². The lowest BCUT2D eigenvalue weighted by atomic mass is 9.84. The summed E-state index contributed by atoms with van der Waals surface area (Å²) in [5, 5.41) is 2.76. The molecule has 1 aromatic heterocycles. The monoisotopic (exact) mass is 239 g/mol. The number of likely N-dealkylation sites (tertiary alicyclic amines) is 1. The van der Waals surface area contributed by atoms with Gasteiger partial charge in [0.1, 0.15) is 0 Å². The molecule has 16 heavy (non-hydrogen) atoms. The zero-order valence-electron chi connectivity index (χ0n) is 10.2. The summed E-state index contributed by atoms with van der Waals surface area (Å²) in [7, 11) is 0. The van der Waals surface area contributed by atoms with Crippen molar-refractivity contribution in [3.05, 3.63) is 11.1 Å². The average molecular weight is 239 g/mol. The quantitative estimate of drug-likeness (QED) is 0.880. The molecule has 0 aliphatic carbocycles. The van der Waals surface area contributed by atoms with E-state index >= 15 is 0 Å². The number of piperidine rings is 1. The molecule has 2 N–H and O–H groups in total. The molecule has 1 aliphatic rings. The predicted molar refractivity (Wildman–Crippen MR) is 69.7 cm³/mol. The van der Waals surface area contributed by atoms with Crippen LogP contribution in [0, 0.1) is 5.41 Å². The molecule has 0 unspecified atom stereocenters. The van der Waals surface area contributed by atoms with E-state index in [1.807, 2.05) is 0 Å². The number of anilines is 1. The normalized spacial score (nSPS) is 21.1. The van der Waals surface area contributed by atoms with Gasteiger partial charge in [-0.1, -0.05) is 13.8 Å². The molecule has 0 spiro atoms. The molecule has 0 bridgehead atoms. The van der Waals surface area contributed by atoms with Gasteiger partial charge in [0.15, 0.2) is 5.13 Å². The van der Waals surface area contributed by atoms with Crippen molar-refractivity contribution < 1.29 is 0 Å². The lowest BCUT2D eigenvalue weighted by Crippen LogP contribution is -2.40. The summed E-state index contributed by atoms with van der Waals surface area (Å²) >= 11 is 1.54. The largest absolute Gasteiger partial charge is 0.375 e. The highest BCUT2D eigenvalue weighted by Gasteiger charge is 2.25. The third-order valence-electron chi connectivity index (χ3n) is 3.23. The van der Waals surface area contributed by atoms with Crippen LogP contribution in [0.4, 0.5) is 5.13 Å². The van der Waals surface area contributed by atoms with Crippen molar-refractivity contribution in [1.82, 2.24) is 9.88 Å². The second-order valence-electron chi connectivity index (χ2n) is 5.47. The van der Waals surface area contributed by atoms with Crippen molar-refractivity contribution in [3.63, 3.8) is 0 Å². The summed E-state index contributed by atoms with van der Waals surface area (Å²) in [5.74, 6) is 0. The molecule has 0 saturated carbocycles. The molecule has 1 saturated heterocycles. The van der Waals surface area contributed by atoms with Crippen LogP contribution in [0.15, 0.2) is 5.38 Å². The minimum absolute atomic E-state index is 0.485. The minimum Gasteiger partial charge on any atom is -0.375 e. The minimum atomic E-state index is 0.485. The standard InChI is InChI=1S/C12H21N3S/c1-12(2)5-3-6-15(9-12)7-4-10-8-16-11(13)14-10/h8H,3-7,9H2,1-2H3,(H2,13,14). The van der Waals surface area contributed by atoms with Crippen LogP contribution in [0.25, 0.3) is 0 Å². The van der Waals surface area contributed by atoms with E-state index in [0.717, 1.165) is 18.7 Å². The van der Waals surface area contributed by atoms with Gasteiger partial charge >= 0.3 is 0 Å². The van der Waals surface area contributed by atoms with Gasteiger partial charge < -0.3 is 10.6 Å². The Morgan fingerprint density at radius 2 is 2.38 bits per heavy atom. The molecule has 1 aromatic rings. The van der Waals surface area contributed by atoms with E-state index in [0.29, 0.717) is 10.5 Å². The van der Waals surface area contributed by atoms with Gasteiger partial charge in [0, 0.05) is 24.9 Å². The van der Waals surface area contributed by atoms with E-state index in [9.17, 15) is 0 Å². The van der Waals surface area contributed by atoms with Crippen LogP contribution in [0.1, 0.15) is 32.4 Å². The molecule has 0 radical (unpaired) electrons. The smallest absolute Gasteiger partial charge is 0.180 e. The number of rotatable bonds is 3. The van der Waals surface area contributed by atoms with Crippen molar-refractivity contribution in [1.29, 1.82) is 0 Å². The van der Waals surface area contributed by atoms with Gasteiger partial charge in [-0.05, 0) is 24.8 Å². The van der Waals surface area contributed by atoms with Gasteiger partial charge in [0.05, 0.1) is 5.69 Å². The number of nitrogen functional groups attached to an aromatic ring is 1. The second kappa shape index (κ2) is 4.72. The summed E-state index contributed by atoms with van der Waals surface area (Å²) < 4.78 is 0. The molecule has 3 nitrogen and oxygen atoms in total. The summed E-state index contributed by atoms with van der Waals surface area (Å²) in [6.45, 7) is 8.29. The molecule has 1 fully saturated rings. The van der Waals surface area contributed by atoms with Gasteiger partial charge in [0.25, 0.3) is 0 Å². The molecular formula is C12H21N3S. The van der Waals surface area contributed by atoms with Gasteiger partial charge in [0.2, 0.25) is 0 Å². The number of hydrogen-bond donors (Lipinski definition) is 1. The molecule has 0 amide bonds. The Bertz CT molecular complexity index is 346. The van der Waals surface area contributed by atoms with Crippen LogP contribution in [0.2, 0.25) is 0 Å². The van der Waals surface area contributed by atoms with Crippen molar-refractivity contribution in [3.8, 4) is 0 Å². The number of nitrogens with zero attached hydrogens (tertiary/aromatic N) is 2. The van der Waals surface area contributed by atoms with Crippen LogP contribution in [-0.4, -0.2) is 29.5 Å². The molecule has 90 valence electrons. The van der Waals surface area contributed by atoms with E-state index in [1.54, 1.807) is 0 Å². The Morgan fingerprint density at radius 3 is 3.00 bits per heavy atom. The fourth-order valence-corrected chi connectivity index (χ4v) is 3.04. The van der Waals surface area contributed by atoms with Crippen LogP contribution in [0.3, 0.4) is 0 Å². The number of thiazole rings is 1. The van der Waals surface area contributed by atoms with E-state index in [1.165, 1.54) is 37.3 Å². The number of nitrogens with two attached hydrogens (primary N) is 1. The number of aromatic nitrogens is 1. The first-order valence-corrected chi connectivity index (χ1v) is 6.85. The highest BCUT2D eigenvalue weighted by atomic mass is 32.1. The highest BCUT2D eigenvalue weighted by Crippen LogP contribution is 2.28. The summed E-state index contributed by atoms with van der Waals surface area (Å²) in [4.78, 5) is 6.86. The fourth-order valence-electron chi connectivity index (χ4n) is 2.45. The van der Waals surface area contributed by atoms with Crippen LogP contribution in [-0.2, 0) is 6.42 Å². The Kier molecular flexibility index (Phi) is 3.50. The Morgan fingerprint density at radius 1 is 1.56 bits per heavy atom. The van der Waals surface area contributed by atoms with Gasteiger partial charge in [-0.3, -0.25) is 0 Å². The Balaban J connectivity index is 1.82. The van der Waals surface area contributed by atoms with Crippen molar-refractivity contribution >= 4 is 16.5 Å². The molecule has 0 aromatic carbocycles. The first-order chi connectivity index (χ1) is 7.55. The molecule has 0 atom stereocenters. The van der Waals surface area contributed by atoms with E-state index in [2.05, 4.69) is 29.1 Å². The second-order valence-corrected chi connectivity index (χ2v) is 6.36. The first-order valence-electron chi connectivity index (χ1n) is 5.97. The summed E-state index contributed by atoms with van der Waals surface area (Å²) in [6, 6.07) is 0. The maximum atomic E-state index is 5.62. The number of hydrogen-bond acceptors (Lipinski definition) is 4. The SMILES string of the molecule is CC1(C)CCCN(CCc2csc(N)n2)C1. The predicted octanol–water partition coefficient (Wildman–Crippen LogP) is 2.39. The molecular weight excluding hydrogens is 218 g/mol. The summed E-state index contributed by atoms with van der Waals surface area (Å²) in [5.41, 5.74) is 7.25.